The summed E-state index contributed by atoms with van der Waals surface area (Å²) >= 11 is 0. The third-order valence-electron chi connectivity index (χ3n) is 6.43. The van der Waals surface area contributed by atoms with E-state index in [1.807, 2.05) is 83.5 Å². The zero-order valence-corrected chi connectivity index (χ0v) is 24.2. The standard InChI is InChI=1S/C31H32N3.Y/c1-21(2)26-16-11-17-27(22(3)4)30(26)33-19-18-32(6)31(33)34-28(24-13-8-7-9-14-24)20-25-15-10-12-23(5)29(25)34;/h7-13,15-19,21-22H,1-6H3;/q-1;/i21D,22D;. The molecule has 4 heteroatoms. The number of hydrogen-bond donors (Lipinski definition) is 0. The van der Waals surface area contributed by atoms with Crippen LogP contribution in [0.5, 0.6) is 0 Å². The molecule has 2 aromatic heterocycles. The number of benzene rings is 3. The monoisotopic (exact) mass is 537 g/mol. The Morgan fingerprint density at radius 3 is 2.23 bits per heavy atom. The first-order chi connectivity index (χ1) is 17.0. The van der Waals surface area contributed by atoms with E-state index in [2.05, 4.69) is 57.0 Å². The Bertz CT molecular complexity index is 1540. The Morgan fingerprint density at radius 2 is 1.60 bits per heavy atom. The minimum atomic E-state index is -0.854. The molecular weight excluding hydrogens is 503 g/mol. The fraction of sp³-hybridized carbons (Fsp3) is 0.258. The van der Waals surface area contributed by atoms with E-state index in [0.29, 0.717) is 0 Å². The van der Waals surface area contributed by atoms with E-state index in [0.717, 1.165) is 50.5 Å². The van der Waals surface area contributed by atoms with Crippen molar-refractivity contribution >= 4 is 10.9 Å². The zero-order valence-electron chi connectivity index (χ0n) is 23.3. The van der Waals surface area contributed by atoms with Crippen molar-refractivity contribution in [3.8, 4) is 22.9 Å². The molecule has 0 atom stereocenters. The molecule has 5 aromatic rings. The second-order valence-corrected chi connectivity index (χ2v) is 9.34. The average Bonchev–Trinajstić information content (AvgIpc) is 3.39. The average molecular weight is 538 g/mol. The number of aryl methyl sites for hydroxylation is 2. The van der Waals surface area contributed by atoms with Crippen LogP contribution in [0.15, 0.2) is 73.1 Å². The van der Waals surface area contributed by atoms with Crippen LogP contribution < -0.4 is 4.57 Å². The summed E-state index contributed by atoms with van der Waals surface area (Å²) in [6.07, 6.45) is 4.07. The molecule has 0 saturated heterocycles. The van der Waals surface area contributed by atoms with Crippen LogP contribution in [0.1, 0.15) is 58.9 Å². The van der Waals surface area contributed by atoms with E-state index in [4.69, 9.17) is 2.74 Å². The molecule has 1 radical (unpaired) electrons. The van der Waals surface area contributed by atoms with Gasteiger partial charge in [0.2, 0.25) is 0 Å². The summed E-state index contributed by atoms with van der Waals surface area (Å²) in [4.78, 5) is 0. The Hall–Kier alpha value is -2.49. The number of hydrogen-bond acceptors (Lipinski definition) is 0. The summed E-state index contributed by atoms with van der Waals surface area (Å²) in [7, 11) is 2.04. The van der Waals surface area contributed by atoms with Crippen LogP contribution in [-0.2, 0) is 39.8 Å². The fourth-order valence-electron chi connectivity index (χ4n) is 4.80. The van der Waals surface area contributed by atoms with Crippen LogP contribution in [-0.4, -0.2) is 9.13 Å². The SMILES string of the molecule is [2H]C(C)(C)c1cccc(C([2H])(C)C)c1-n1cc[n+](C)c1-n1c(-c2[c-]cccc2)[c-]c2cccc(C)c21.[Y]. The molecule has 0 unspecified atom stereocenters. The predicted octanol–water partition coefficient (Wildman–Crippen LogP) is 7.07. The maximum atomic E-state index is 8.96. The van der Waals surface area contributed by atoms with Gasteiger partial charge in [0.05, 0.1) is 13.2 Å². The van der Waals surface area contributed by atoms with Gasteiger partial charge in [-0.2, -0.15) is 35.9 Å². The van der Waals surface area contributed by atoms with Gasteiger partial charge in [-0.1, -0.05) is 63.2 Å². The van der Waals surface area contributed by atoms with E-state index < -0.39 is 11.8 Å². The van der Waals surface area contributed by atoms with Gasteiger partial charge in [-0.05, 0) is 29.8 Å². The van der Waals surface area contributed by atoms with Gasteiger partial charge in [-0.15, -0.1) is 23.6 Å². The smallest absolute Gasteiger partial charge is 0.296 e. The zero-order chi connectivity index (χ0) is 25.8. The van der Waals surface area contributed by atoms with Crippen molar-refractivity contribution < 1.29 is 40.0 Å². The summed E-state index contributed by atoms with van der Waals surface area (Å²) in [6.45, 7) is 9.75. The number of aromatic nitrogens is 3. The van der Waals surface area contributed by atoms with Crippen molar-refractivity contribution in [3.05, 3.63) is 102 Å². The maximum absolute atomic E-state index is 8.96. The minimum Gasteiger partial charge on any atom is -0.296 e. The molecular formula is C31H32N3Y-. The van der Waals surface area contributed by atoms with Crippen LogP contribution >= 0.6 is 0 Å². The van der Waals surface area contributed by atoms with E-state index in [1.54, 1.807) is 0 Å². The molecule has 0 N–H and O–H groups in total. The second-order valence-electron chi connectivity index (χ2n) is 9.34. The number of rotatable bonds is 5. The van der Waals surface area contributed by atoms with Crippen molar-refractivity contribution in [2.24, 2.45) is 7.05 Å². The van der Waals surface area contributed by atoms with Gasteiger partial charge >= 0.3 is 5.95 Å². The quantitative estimate of drug-likeness (QED) is 0.168. The Balaban J connectivity index is 0.00000320. The van der Waals surface area contributed by atoms with Crippen molar-refractivity contribution in [1.82, 2.24) is 9.13 Å². The number of para-hydroxylation sites is 2. The van der Waals surface area contributed by atoms with Gasteiger partial charge in [-0.3, -0.25) is 4.57 Å². The summed E-state index contributed by atoms with van der Waals surface area (Å²) in [5, 5.41) is 1.03. The second kappa shape index (κ2) is 10.2. The van der Waals surface area contributed by atoms with Crippen LogP contribution in [0.3, 0.4) is 0 Å². The minimum absolute atomic E-state index is 0. The first-order valence-electron chi connectivity index (χ1n) is 12.7. The fourth-order valence-corrected chi connectivity index (χ4v) is 4.80. The molecule has 0 aliphatic rings. The third-order valence-corrected chi connectivity index (χ3v) is 6.43. The van der Waals surface area contributed by atoms with E-state index >= 15 is 0 Å². The molecule has 2 heterocycles. The molecule has 0 aliphatic heterocycles. The largest absolute Gasteiger partial charge is 0.356 e. The molecule has 5 rings (SSSR count). The van der Waals surface area contributed by atoms with Crippen LogP contribution in [0.2, 0.25) is 0 Å². The van der Waals surface area contributed by atoms with E-state index in [1.165, 1.54) is 0 Å². The molecule has 0 spiro atoms. The van der Waals surface area contributed by atoms with Gasteiger partial charge in [0, 0.05) is 41.0 Å². The number of fused-ring (bicyclic) bond motifs is 1. The van der Waals surface area contributed by atoms with Crippen LogP contribution in [0.4, 0.5) is 0 Å². The molecule has 175 valence electrons. The topological polar surface area (TPSA) is 13.7 Å². The molecule has 3 nitrogen and oxygen atoms in total. The molecule has 0 fully saturated rings. The first kappa shape index (κ1) is 22.9. The third kappa shape index (κ3) is 4.45. The van der Waals surface area contributed by atoms with E-state index in [9.17, 15) is 0 Å². The first-order valence-corrected chi connectivity index (χ1v) is 11.7. The van der Waals surface area contributed by atoms with E-state index in [-0.39, 0.29) is 32.7 Å². The van der Waals surface area contributed by atoms with Crippen molar-refractivity contribution in [2.75, 3.05) is 0 Å². The molecule has 0 bridgehead atoms. The van der Waals surface area contributed by atoms with Gasteiger partial charge in [0.15, 0.2) is 0 Å². The number of imidazole rings is 1. The van der Waals surface area contributed by atoms with Crippen molar-refractivity contribution in [3.63, 3.8) is 0 Å². The van der Waals surface area contributed by atoms with Crippen molar-refractivity contribution in [1.29, 1.82) is 0 Å². The van der Waals surface area contributed by atoms with Crippen molar-refractivity contribution in [2.45, 2.75) is 46.4 Å². The maximum Gasteiger partial charge on any atom is 0.356 e. The normalized spacial score (nSPS) is 12.9. The Kier molecular flexibility index (Phi) is 6.72. The van der Waals surface area contributed by atoms with Gasteiger partial charge < -0.3 is 0 Å². The Morgan fingerprint density at radius 1 is 0.914 bits per heavy atom. The molecule has 0 aliphatic carbocycles. The summed E-state index contributed by atoms with van der Waals surface area (Å²) in [5.74, 6) is -0.800. The van der Waals surface area contributed by atoms with Gasteiger partial charge in [-0.25, -0.2) is 9.13 Å². The van der Waals surface area contributed by atoms with Gasteiger partial charge in [0.1, 0.15) is 11.9 Å². The number of nitrogens with zero attached hydrogens (tertiary/aromatic N) is 3. The summed E-state index contributed by atoms with van der Waals surface area (Å²) < 4.78 is 24.4. The Labute approximate surface area is 237 Å². The summed E-state index contributed by atoms with van der Waals surface area (Å²) in [5.41, 5.74) is 6.74. The van der Waals surface area contributed by atoms with Gasteiger partial charge in [0.25, 0.3) is 0 Å². The molecule has 0 saturated carbocycles. The van der Waals surface area contributed by atoms with Crippen LogP contribution in [0, 0.1) is 19.1 Å². The predicted molar refractivity (Wildman–Crippen MR) is 140 cm³/mol. The molecule has 0 amide bonds. The summed E-state index contributed by atoms with van der Waals surface area (Å²) in [6, 6.07) is 27.3. The van der Waals surface area contributed by atoms with Crippen LogP contribution in [0.25, 0.3) is 33.8 Å². The molecule has 3 aromatic carbocycles. The molecule has 35 heavy (non-hydrogen) atoms.